The molecule has 37 heavy (non-hydrogen) atoms. The van der Waals surface area contributed by atoms with E-state index in [9.17, 15) is 10.2 Å². The Balaban J connectivity index is 1.38. The number of aliphatic hydroxyl groups excluding tert-OH is 1. The summed E-state index contributed by atoms with van der Waals surface area (Å²) in [5, 5.41) is 20.4. The number of pyridine rings is 1. The lowest BCUT2D eigenvalue weighted by atomic mass is 9.83. The number of hydrogen-bond acceptors (Lipinski definition) is 4. The van der Waals surface area contributed by atoms with E-state index in [4.69, 9.17) is 16.6 Å². The molecule has 198 valence electrons. The Bertz CT molecular complexity index is 1160. The number of aliphatic hydroxyl groups is 2. The molecule has 0 saturated heterocycles. The highest BCUT2D eigenvalue weighted by molar-refractivity contribution is 6.31. The van der Waals surface area contributed by atoms with Crippen molar-refractivity contribution in [2.45, 2.75) is 71.0 Å². The molecule has 0 amide bonds. The van der Waals surface area contributed by atoms with Gasteiger partial charge in [0.1, 0.15) is 0 Å². The number of hydrogen-bond donors (Lipinski definition) is 2. The van der Waals surface area contributed by atoms with Crippen molar-refractivity contribution in [1.82, 2.24) is 9.88 Å². The van der Waals surface area contributed by atoms with Gasteiger partial charge >= 0.3 is 0 Å². The smallest absolute Gasteiger partial charge is 0.160 e. The molecule has 2 N–H and O–H groups in total. The second-order valence-corrected chi connectivity index (χ2v) is 11.3. The molecule has 5 heteroatoms. The standard InChI is InChI=1S/C32H41ClN2O2/c1-4-35(19-7-10-23-9-5-12-26(21-23)32(2,3)31(36)37)20-8-13-29-28-17-16-27(33)22-25(28)15-14-24-11-6-18-34-30(24)29/h5-6,9,11-13,16,18,21-22,28,31,36-37H,4,7-8,10,14-15,17,19-20H2,1-3H3/b29-13-. The van der Waals surface area contributed by atoms with Crippen LogP contribution in [0.2, 0.25) is 0 Å². The Morgan fingerprint density at radius 2 is 2.00 bits per heavy atom. The molecule has 0 spiro atoms. The molecule has 0 radical (unpaired) electrons. The van der Waals surface area contributed by atoms with Crippen molar-refractivity contribution in [3.05, 3.63) is 93.8 Å². The van der Waals surface area contributed by atoms with E-state index >= 15 is 0 Å². The minimum Gasteiger partial charge on any atom is -0.367 e. The Labute approximate surface area is 227 Å². The molecular formula is C32H41ClN2O2. The van der Waals surface area contributed by atoms with Crippen LogP contribution in [0, 0.1) is 5.92 Å². The lowest BCUT2D eigenvalue weighted by Crippen LogP contribution is -2.33. The van der Waals surface area contributed by atoms with Crippen LogP contribution in [0.5, 0.6) is 0 Å². The molecule has 4 rings (SSSR count). The van der Waals surface area contributed by atoms with Gasteiger partial charge in [0.05, 0.1) is 5.69 Å². The first-order valence-electron chi connectivity index (χ1n) is 13.7. The Kier molecular flexibility index (Phi) is 9.41. The topological polar surface area (TPSA) is 56.6 Å². The minimum absolute atomic E-state index is 0.377. The first-order chi connectivity index (χ1) is 17.8. The number of halogens is 1. The van der Waals surface area contributed by atoms with Crippen molar-refractivity contribution >= 4 is 17.2 Å². The highest BCUT2D eigenvalue weighted by Crippen LogP contribution is 2.42. The monoisotopic (exact) mass is 520 g/mol. The maximum absolute atomic E-state index is 9.76. The van der Waals surface area contributed by atoms with Crippen LogP contribution in [0.3, 0.4) is 0 Å². The predicted octanol–water partition coefficient (Wildman–Crippen LogP) is 6.41. The zero-order chi connectivity index (χ0) is 26.4. The molecular weight excluding hydrogens is 480 g/mol. The van der Waals surface area contributed by atoms with Crippen LogP contribution in [-0.4, -0.2) is 46.0 Å². The second-order valence-electron chi connectivity index (χ2n) is 10.9. The number of rotatable bonds is 10. The molecule has 0 fully saturated rings. The predicted molar refractivity (Wildman–Crippen MR) is 153 cm³/mol. The summed E-state index contributed by atoms with van der Waals surface area (Å²) in [5.41, 5.74) is 6.83. The summed E-state index contributed by atoms with van der Waals surface area (Å²) in [6, 6.07) is 12.5. The first-order valence-corrected chi connectivity index (χ1v) is 14.1. The zero-order valence-corrected chi connectivity index (χ0v) is 23.2. The summed E-state index contributed by atoms with van der Waals surface area (Å²) < 4.78 is 0. The van der Waals surface area contributed by atoms with Crippen LogP contribution in [0.4, 0.5) is 0 Å². The van der Waals surface area contributed by atoms with Gasteiger partial charge in [0.15, 0.2) is 6.29 Å². The van der Waals surface area contributed by atoms with Gasteiger partial charge < -0.3 is 15.1 Å². The highest BCUT2D eigenvalue weighted by Gasteiger charge is 2.29. The molecule has 1 unspecified atom stereocenters. The Morgan fingerprint density at radius 3 is 2.78 bits per heavy atom. The number of aromatic nitrogens is 1. The van der Waals surface area contributed by atoms with Crippen LogP contribution < -0.4 is 0 Å². The fourth-order valence-electron chi connectivity index (χ4n) is 5.49. The summed E-state index contributed by atoms with van der Waals surface area (Å²) in [5.74, 6) is 0.377. The van der Waals surface area contributed by atoms with Crippen LogP contribution in [0.15, 0.2) is 71.4 Å². The van der Waals surface area contributed by atoms with Gasteiger partial charge in [0.25, 0.3) is 0 Å². The normalized spacial score (nSPS) is 18.9. The zero-order valence-electron chi connectivity index (χ0n) is 22.5. The molecule has 0 aliphatic heterocycles. The molecule has 1 heterocycles. The van der Waals surface area contributed by atoms with Crippen molar-refractivity contribution in [2.24, 2.45) is 5.92 Å². The quantitative estimate of drug-likeness (QED) is 0.355. The largest absolute Gasteiger partial charge is 0.367 e. The van der Waals surface area contributed by atoms with E-state index in [1.54, 1.807) is 0 Å². The summed E-state index contributed by atoms with van der Waals surface area (Å²) in [4.78, 5) is 7.33. The molecule has 2 aromatic rings. The highest BCUT2D eigenvalue weighted by atomic mass is 35.5. The number of nitrogens with zero attached hydrogens (tertiary/aromatic N) is 2. The minimum atomic E-state index is -1.38. The van der Waals surface area contributed by atoms with E-state index in [0.29, 0.717) is 5.92 Å². The van der Waals surface area contributed by atoms with Gasteiger partial charge in [-0.1, -0.05) is 80.4 Å². The molecule has 1 aromatic carbocycles. The number of benzene rings is 1. The van der Waals surface area contributed by atoms with Crippen molar-refractivity contribution < 1.29 is 10.2 Å². The fraction of sp³-hybridized carbons (Fsp3) is 0.469. The number of fused-ring (bicyclic) bond motifs is 2. The van der Waals surface area contributed by atoms with Gasteiger partial charge in [0.2, 0.25) is 0 Å². The van der Waals surface area contributed by atoms with E-state index in [1.807, 2.05) is 38.2 Å². The molecule has 1 atom stereocenters. The summed E-state index contributed by atoms with van der Waals surface area (Å²) >= 11 is 6.37. The maximum atomic E-state index is 9.76. The fourth-order valence-corrected chi connectivity index (χ4v) is 5.72. The molecule has 0 bridgehead atoms. The van der Waals surface area contributed by atoms with Crippen LogP contribution >= 0.6 is 11.6 Å². The SMILES string of the molecule is CCN(CC/C=C1\c2ncccc2CCC2=CC(Cl)=CCC21)CCCc1cccc(C(C)(C)C(O)O)c1. The first kappa shape index (κ1) is 27.8. The van der Waals surface area contributed by atoms with Crippen LogP contribution in [0.25, 0.3) is 5.57 Å². The van der Waals surface area contributed by atoms with E-state index < -0.39 is 11.7 Å². The van der Waals surface area contributed by atoms with Gasteiger partial charge in [-0.15, -0.1) is 0 Å². The lowest BCUT2D eigenvalue weighted by Gasteiger charge is -2.27. The van der Waals surface area contributed by atoms with Crippen molar-refractivity contribution in [3.8, 4) is 0 Å². The lowest BCUT2D eigenvalue weighted by molar-refractivity contribution is -0.0891. The van der Waals surface area contributed by atoms with E-state index in [-0.39, 0.29) is 0 Å². The van der Waals surface area contributed by atoms with E-state index in [0.717, 1.165) is 68.8 Å². The molecule has 2 aliphatic rings. The van der Waals surface area contributed by atoms with E-state index in [2.05, 4.69) is 48.3 Å². The van der Waals surface area contributed by atoms with Gasteiger partial charge in [-0.25, -0.2) is 0 Å². The second kappa shape index (κ2) is 12.5. The molecule has 0 saturated carbocycles. The average Bonchev–Trinajstić information content (AvgIpc) is 3.04. The van der Waals surface area contributed by atoms with Crippen molar-refractivity contribution in [3.63, 3.8) is 0 Å². The molecule has 1 aromatic heterocycles. The van der Waals surface area contributed by atoms with Gasteiger partial charge in [-0.3, -0.25) is 4.98 Å². The number of aryl methyl sites for hydroxylation is 2. The van der Waals surface area contributed by atoms with E-state index in [1.165, 1.54) is 28.0 Å². The average molecular weight is 521 g/mol. The van der Waals surface area contributed by atoms with Gasteiger partial charge in [-0.2, -0.15) is 0 Å². The Hall–Kier alpha value is -2.24. The van der Waals surface area contributed by atoms with Crippen LogP contribution in [-0.2, 0) is 18.3 Å². The molecule has 2 aliphatic carbocycles. The molecule has 4 nitrogen and oxygen atoms in total. The van der Waals surface area contributed by atoms with Gasteiger partial charge in [0, 0.05) is 29.1 Å². The third kappa shape index (κ3) is 6.80. The Morgan fingerprint density at radius 1 is 1.16 bits per heavy atom. The summed E-state index contributed by atoms with van der Waals surface area (Å²) in [6.45, 7) is 9.05. The van der Waals surface area contributed by atoms with Gasteiger partial charge in [-0.05, 0) is 86.0 Å². The van der Waals surface area contributed by atoms with Crippen molar-refractivity contribution in [2.75, 3.05) is 19.6 Å². The number of allylic oxidation sites excluding steroid dienone is 5. The van der Waals surface area contributed by atoms with Crippen LogP contribution in [0.1, 0.15) is 68.8 Å². The van der Waals surface area contributed by atoms with Crippen molar-refractivity contribution in [1.29, 1.82) is 0 Å². The third-order valence-electron chi connectivity index (χ3n) is 8.06. The third-order valence-corrected chi connectivity index (χ3v) is 8.32. The summed E-state index contributed by atoms with van der Waals surface area (Å²) in [6.07, 6.45) is 13.3. The maximum Gasteiger partial charge on any atom is 0.160 e. The summed E-state index contributed by atoms with van der Waals surface area (Å²) in [7, 11) is 0.